The van der Waals surface area contributed by atoms with Gasteiger partial charge in [-0.2, -0.15) is 4.98 Å². The second kappa shape index (κ2) is 8.04. The molecule has 2 aromatic rings. The van der Waals surface area contributed by atoms with E-state index in [0.29, 0.717) is 24.8 Å². The number of carbonyl (C=O) groups excluding carboxylic acids is 1. The maximum atomic E-state index is 12.1. The lowest BCUT2D eigenvalue weighted by Crippen LogP contribution is -2.43. The fourth-order valence-electron chi connectivity index (χ4n) is 2.87. The summed E-state index contributed by atoms with van der Waals surface area (Å²) in [6.45, 7) is 8.72. The van der Waals surface area contributed by atoms with E-state index in [1.165, 1.54) is 0 Å². The van der Waals surface area contributed by atoms with Gasteiger partial charge in [-0.1, -0.05) is 5.16 Å². The molecule has 1 atom stereocenters. The molecule has 8 nitrogen and oxygen atoms in total. The number of likely N-dealkylation sites (tertiary alicyclic amines) is 1. The number of aromatic nitrogens is 3. The Bertz CT molecular complexity index is 749. The first-order valence-corrected chi connectivity index (χ1v) is 9.19. The van der Waals surface area contributed by atoms with Crippen molar-refractivity contribution in [2.75, 3.05) is 13.1 Å². The molecule has 1 fully saturated rings. The van der Waals surface area contributed by atoms with Crippen LogP contribution in [0.4, 0.5) is 4.79 Å². The van der Waals surface area contributed by atoms with Gasteiger partial charge in [-0.3, -0.25) is 4.98 Å². The molecule has 0 spiro atoms. The molecule has 0 saturated carbocycles. The van der Waals surface area contributed by atoms with Crippen LogP contribution in [0.2, 0.25) is 0 Å². The highest BCUT2D eigenvalue weighted by atomic mass is 16.6. The first-order valence-electron chi connectivity index (χ1n) is 9.19. The third kappa shape index (κ3) is 5.26. The number of pyridine rings is 1. The fourth-order valence-corrected chi connectivity index (χ4v) is 2.87. The molecule has 146 valence electrons. The zero-order valence-electron chi connectivity index (χ0n) is 16.2. The topological polar surface area (TPSA) is 90.6 Å². The minimum absolute atomic E-state index is 0.0370. The Hall–Kier alpha value is -2.48. The van der Waals surface area contributed by atoms with Crippen molar-refractivity contribution in [1.29, 1.82) is 0 Å². The van der Waals surface area contributed by atoms with E-state index in [2.05, 4.69) is 15.1 Å². The zero-order chi connectivity index (χ0) is 19.4. The highest BCUT2D eigenvalue weighted by Gasteiger charge is 2.29. The van der Waals surface area contributed by atoms with E-state index in [9.17, 15) is 4.79 Å². The van der Waals surface area contributed by atoms with Gasteiger partial charge in [-0.25, -0.2) is 4.79 Å². The predicted molar refractivity (Wildman–Crippen MR) is 97.9 cm³/mol. The Kier molecular flexibility index (Phi) is 5.74. The molecule has 27 heavy (non-hydrogen) atoms. The number of carbonyl (C=O) groups is 1. The quantitative estimate of drug-likeness (QED) is 0.807. The molecule has 0 N–H and O–H groups in total. The van der Waals surface area contributed by atoms with Gasteiger partial charge < -0.3 is 18.9 Å². The molecular weight excluding hydrogens is 348 g/mol. The molecule has 0 unspecified atom stereocenters. The smallest absolute Gasteiger partial charge is 0.410 e. The molecule has 3 heterocycles. The van der Waals surface area contributed by atoms with Crippen LogP contribution in [-0.2, 0) is 9.47 Å². The SMILES string of the molecule is C[C@@H](OC1CCN(C(=O)OC(C)(C)C)CC1)c1nc(-c2ccncc2)no1. The first kappa shape index (κ1) is 19.3. The summed E-state index contributed by atoms with van der Waals surface area (Å²) < 4.78 is 16.8. The lowest BCUT2D eigenvalue weighted by molar-refractivity contribution is -0.0509. The summed E-state index contributed by atoms with van der Waals surface area (Å²) >= 11 is 0. The van der Waals surface area contributed by atoms with Gasteiger partial charge in [0.15, 0.2) is 0 Å². The predicted octanol–water partition coefficient (Wildman–Crippen LogP) is 3.61. The van der Waals surface area contributed by atoms with E-state index in [1.807, 2.05) is 39.8 Å². The number of hydrogen-bond donors (Lipinski definition) is 0. The van der Waals surface area contributed by atoms with Gasteiger partial charge in [0, 0.05) is 31.0 Å². The highest BCUT2D eigenvalue weighted by molar-refractivity contribution is 5.68. The van der Waals surface area contributed by atoms with Crippen molar-refractivity contribution in [3.05, 3.63) is 30.4 Å². The normalized spacial score (nSPS) is 17.0. The third-order valence-corrected chi connectivity index (χ3v) is 4.22. The van der Waals surface area contributed by atoms with Gasteiger partial charge in [-0.05, 0) is 52.7 Å². The molecule has 1 amide bonds. The van der Waals surface area contributed by atoms with Crippen LogP contribution in [0, 0.1) is 0 Å². The minimum Gasteiger partial charge on any atom is -0.444 e. The molecule has 8 heteroatoms. The van der Waals surface area contributed by atoms with Crippen molar-refractivity contribution >= 4 is 6.09 Å². The summed E-state index contributed by atoms with van der Waals surface area (Å²) in [6, 6.07) is 3.65. The number of ether oxygens (including phenoxy) is 2. The van der Waals surface area contributed by atoms with Crippen LogP contribution in [0.3, 0.4) is 0 Å². The fraction of sp³-hybridized carbons (Fsp3) is 0.579. The summed E-state index contributed by atoms with van der Waals surface area (Å²) in [5.41, 5.74) is 0.363. The lowest BCUT2D eigenvalue weighted by atomic mass is 10.1. The molecule has 0 aliphatic carbocycles. The lowest BCUT2D eigenvalue weighted by Gasteiger charge is -2.34. The number of hydrogen-bond acceptors (Lipinski definition) is 7. The van der Waals surface area contributed by atoms with Crippen molar-refractivity contribution in [1.82, 2.24) is 20.0 Å². The second-order valence-corrected chi connectivity index (χ2v) is 7.64. The summed E-state index contributed by atoms with van der Waals surface area (Å²) in [6.07, 6.45) is 4.31. The van der Waals surface area contributed by atoms with E-state index < -0.39 is 5.60 Å². The standard InChI is InChI=1S/C19H26N4O4/c1-13(17-21-16(22-27-17)14-5-9-20-10-6-14)25-15-7-11-23(12-8-15)18(24)26-19(2,3)4/h5-6,9-10,13,15H,7-8,11-12H2,1-4H3/t13-/m1/s1. The Morgan fingerprint density at radius 2 is 1.93 bits per heavy atom. The van der Waals surface area contributed by atoms with Crippen molar-refractivity contribution in [2.45, 2.75) is 58.3 Å². The molecule has 0 aromatic carbocycles. The number of nitrogens with zero attached hydrogens (tertiary/aromatic N) is 4. The number of amides is 1. The average Bonchev–Trinajstić information content (AvgIpc) is 3.12. The largest absolute Gasteiger partial charge is 0.444 e. The summed E-state index contributed by atoms with van der Waals surface area (Å²) in [4.78, 5) is 22.2. The van der Waals surface area contributed by atoms with Gasteiger partial charge in [0.2, 0.25) is 5.82 Å². The van der Waals surface area contributed by atoms with E-state index in [4.69, 9.17) is 14.0 Å². The molecule has 1 aliphatic rings. The van der Waals surface area contributed by atoms with E-state index in [0.717, 1.165) is 18.4 Å². The molecular formula is C19H26N4O4. The van der Waals surface area contributed by atoms with Gasteiger partial charge in [0.1, 0.15) is 11.7 Å². The minimum atomic E-state index is -0.483. The van der Waals surface area contributed by atoms with E-state index >= 15 is 0 Å². The average molecular weight is 374 g/mol. The van der Waals surface area contributed by atoms with Gasteiger partial charge in [-0.15, -0.1) is 0 Å². The summed E-state index contributed by atoms with van der Waals surface area (Å²) in [5.74, 6) is 0.957. The van der Waals surface area contributed by atoms with Crippen LogP contribution >= 0.6 is 0 Å². The van der Waals surface area contributed by atoms with Gasteiger partial charge in [0.25, 0.3) is 5.89 Å². The van der Waals surface area contributed by atoms with Crippen molar-refractivity contribution in [2.24, 2.45) is 0 Å². The van der Waals surface area contributed by atoms with Crippen molar-refractivity contribution in [3.8, 4) is 11.4 Å². The maximum Gasteiger partial charge on any atom is 0.410 e. The molecule has 1 aliphatic heterocycles. The van der Waals surface area contributed by atoms with E-state index in [-0.39, 0.29) is 18.3 Å². The highest BCUT2D eigenvalue weighted by Crippen LogP contribution is 2.25. The summed E-state index contributed by atoms with van der Waals surface area (Å²) in [5, 5.41) is 4.01. The number of rotatable bonds is 4. The number of piperidine rings is 1. The third-order valence-electron chi connectivity index (χ3n) is 4.22. The van der Waals surface area contributed by atoms with Crippen LogP contribution in [0.1, 0.15) is 52.5 Å². The monoisotopic (exact) mass is 374 g/mol. The Balaban J connectivity index is 1.51. The van der Waals surface area contributed by atoms with Crippen LogP contribution in [0.25, 0.3) is 11.4 Å². The first-order chi connectivity index (χ1) is 12.8. The zero-order valence-corrected chi connectivity index (χ0v) is 16.2. The molecule has 2 aromatic heterocycles. The Morgan fingerprint density at radius 1 is 1.26 bits per heavy atom. The molecule has 0 bridgehead atoms. The van der Waals surface area contributed by atoms with Gasteiger partial charge in [0.05, 0.1) is 6.10 Å². The van der Waals surface area contributed by atoms with Crippen LogP contribution in [0.15, 0.2) is 29.0 Å². The van der Waals surface area contributed by atoms with Crippen molar-refractivity contribution in [3.63, 3.8) is 0 Å². The second-order valence-electron chi connectivity index (χ2n) is 7.64. The maximum absolute atomic E-state index is 12.1. The van der Waals surface area contributed by atoms with Gasteiger partial charge >= 0.3 is 6.09 Å². The summed E-state index contributed by atoms with van der Waals surface area (Å²) in [7, 11) is 0. The van der Waals surface area contributed by atoms with Crippen molar-refractivity contribution < 1.29 is 18.8 Å². The van der Waals surface area contributed by atoms with E-state index in [1.54, 1.807) is 17.3 Å². The van der Waals surface area contributed by atoms with Crippen LogP contribution < -0.4 is 0 Å². The Labute approximate surface area is 158 Å². The molecule has 1 saturated heterocycles. The molecule has 0 radical (unpaired) electrons. The van der Waals surface area contributed by atoms with Crippen LogP contribution in [-0.4, -0.2) is 50.9 Å². The Morgan fingerprint density at radius 3 is 2.56 bits per heavy atom. The molecule has 3 rings (SSSR count). The van der Waals surface area contributed by atoms with Crippen LogP contribution in [0.5, 0.6) is 0 Å².